The maximum atomic E-state index is 14.2. The number of hydrogen-bond donors (Lipinski definition) is 0. The summed E-state index contributed by atoms with van der Waals surface area (Å²) in [7, 11) is 1.32. The van der Waals surface area contributed by atoms with Crippen molar-refractivity contribution >= 4 is 5.97 Å². The van der Waals surface area contributed by atoms with E-state index in [0.717, 1.165) is 18.4 Å². The Balaban J connectivity index is 1.77. The Morgan fingerprint density at radius 1 is 1.14 bits per heavy atom. The molecule has 0 heterocycles. The molecule has 0 N–H and O–H groups in total. The monoisotopic (exact) mass is 300 g/mol. The number of hydrogen-bond acceptors (Lipinski definition) is 3. The molecular weight excluding hydrogens is 283 g/mol. The van der Waals surface area contributed by atoms with Gasteiger partial charge in [-0.05, 0) is 60.2 Å². The molecule has 0 aliphatic heterocycles. The smallest absolute Gasteiger partial charge is 0.337 e. The fraction of sp³-hybridized carbons (Fsp3) is 0.278. The molecule has 1 fully saturated rings. The maximum Gasteiger partial charge on any atom is 0.337 e. The van der Waals surface area contributed by atoms with Crippen LogP contribution in [0, 0.1) is 5.82 Å². The first-order valence-corrected chi connectivity index (χ1v) is 7.18. The standard InChI is InChI=1S/C18H17FO3/c1-18(9-10-18)13-5-8-16(15(19)11-13)22-14-6-3-12(4-7-14)17(20)21-2/h3-8,11H,9-10H2,1-2H3. The van der Waals surface area contributed by atoms with Gasteiger partial charge in [0.15, 0.2) is 11.6 Å². The van der Waals surface area contributed by atoms with Crippen LogP contribution in [0.15, 0.2) is 42.5 Å². The summed E-state index contributed by atoms with van der Waals surface area (Å²) < 4.78 is 24.3. The molecule has 1 aliphatic rings. The minimum absolute atomic E-state index is 0.127. The van der Waals surface area contributed by atoms with E-state index in [2.05, 4.69) is 11.7 Å². The van der Waals surface area contributed by atoms with Gasteiger partial charge in [-0.15, -0.1) is 0 Å². The first-order valence-electron chi connectivity index (χ1n) is 7.18. The van der Waals surface area contributed by atoms with E-state index in [1.807, 2.05) is 6.07 Å². The molecule has 0 saturated heterocycles. The van der Waals surface area contributed by atoms with E-state index in [4.69, 9.17) is 4.74 Å². The van der Waals surface area contributed by atoms with Crippen molar-refractivity contribution in [1.82, 2.24) is 0 Å². The summed E-state index contributed by atoms with van der Waals surface area (Å²) in [4.78, 5) is 11.4. The Morgan fingerprint density at radius 2 is 1.82 bits per heavy atom. The largest absolute Gasteiger partial charge is 0.465 e. The number of carbonyl (C=O) groups excluding carboxylic acids is 1. The predicted octanol–water partition coefficient (Wildman–Crippen LogP) is 4.46. The molecule has 3 nitrogen and oxygen atoms in total. The molecule has 0 spiro atoms. The molecule has 0 bridgehead atoms. The summed E-state index contributed by atoms with van der Waals surface area (Å²) >= 11 is 0. The highest BCUT2D eigenvalue weighted by atomic mass is 19.1. The Hall–Kier alpha value is -2.36. The lowest BCUT2D eigenvalue weighted by atomic mass is 9.98. The molecule has 2 aromatic rings. The number of carbonyl (C=O) groups is 1. The average Bonchev–Trinajstić information content (AvgIpc) is 3.28. The van der Waals surface area contributed by atoms with Crippen LogP contribution in [0.2, 0.25) is 0 Å². The zero-order valence-electron chi connectivity index (χ0n) is 12.6. The van der Waals surface area contributed by atoms with Crippen molar-refractivity contribution in [3.8, 4) is 11.5 Å². The Bertz CT molecular complexity index is 703. The van der Waals surface area contributed by atoms with Gasteiger partial charge in [0.2, 0.25) is 0 Å². The highest BCUT2D eigenvalue weighted by molar-refractivity contribution is 5.89. The van der Waals surface area contributed by atoms with Crippen molar-refractivity contribution in [1.29, 1.82) is 0 Å². The highest BCUT2D eigenvalue weighted by Crippen LogP contribution is 2.48. The van der Waals surface area contributed by atoms with Crippen LogP contribution in [-0.2, 0) is 10.2 Å². The number of halogens is 1. The van der Waals surface area contributed by atoms with Crippen LogP contribution in [0.4, 0.5) is 4.39 Å². The molecule has 0 atom stereocenters. The minimum Gasteiger partial charge on any atom is -0.465 e. The lowest BCUT2D eigenvalue weighted by molar-refractivity contribution is 0.0600. The van der Waals surface area contributed by atoms with Crippen molar-refractivity contribution < 1.29 is 18.7 Å². The van der Waals surface area contributed by atoms with Crippen LogP contribution >= 0.6 is 0 Å². The molecule has 22 heavy (non-hydrogen) atoms. The van der Waals surface area contributed by atoms with Gasteiger partial charge in [0.05, 0.1) is 12.7 Å². The third-order valence-electron chi connectivity index (χ3n) is 4.13. The van der Waals surface area contributed by atoms with Crippen molar-refractivity contribution in [3.05, 3.63) is 59.4 Å². The van der Waals surface area contributed by atoms with Gasteiger partial charge in [0, 0.05) is 0 Å². The summed E-state index contributed by atoms with van der Waals surface area (Å²) in [5.41, 5.74) is 1.56. The van der Waals surface area contributed by atoms with Gasteiger partial charge < -0.3 is 9.47 Å². The molecule has 1 saturated carbocycles. The lowest BCUT2D eigenvalue weighted by Crippen LogP contribution is -2.01. The van der Waals surface area contributed by atoms with Crippen LogP contribution in [-0.4, -0.2) is 13.1 Å². The minimum atomic E-state index is -0.417. The van der Waals surface area contributed by atoms with Crippen LogP contribution in [0.25, 0.3) is 0 Å². The third kappa shape index (κ3) is 2.82. The summed E-state index contributed by atoms with van der Waals surface area (Å²) in [6.07, 6.45) is 2.20. The molecule has 0 radical (unpaired) electrons. The van der Waals surface area contributed by atoms with E-state index in [0.29, 0.717) is 11.3 Å². The van der Waals surface area contributed by atoms with Crippen LogP contribution in [0.1, 0.15) is 35.7 Å². The second-order valence-corrected chi connectivity index (χ2v) is 5.82. The van der Waals surface area contributed by atoms with E-state index in [1.165, 1.54) is 7.11 Å². The van der Waals surface area contributed by atoms with Gasteiger partial charge in [-0.2, -0.15) is 0 Å². The topological polar surface area (TPSA) is 35.5 Å². The number of methoxy groups -OCH3 is 1. The van der Waals surface area contributed by atoms with Gasteiger partial charge in [-0.1, -0.05) is 13.0 Å². The second kappa shape index (κ2) is 5.44. The predicted molar refractivity (Wildman–Crippen MR) is 80.8 cm³/mol. The van der Waals surface area contributed by atoms with Gasteiger partial charge in [-0.25, -0.2) is 9.18 Å². The van der Waals surface area contributed by atoms with Crippen molar-refractivity contribution in [2.45, 2.75) is 25.2 Å². The summed E-state index contributed by atoms with van der Waals surface area (Å²) in [6.45, 7) is 2.13. The SMILES string of the molecule is COC(=O)c1ccc(Oc2ccc(C3(C)CC3)cc2F)cc1. The Labute approximate surface area is 128 Å². The fourth-order valence-electron chi connectivity index (χ4n) is 2.34. The number of ether oxygens (including phenoxy) is 2. The van der Waals surface area contributed by atoms with E-state index in [-0.39, 0.29) is 17.0 Å². The second-order valence-electron chi connectivity index (χ2n) is 5.82. The Kier molecular flexibility index (Phi) is 3.61. The molecule has 0 amide bonds. The van der Waals surface area contributed by atoms with Crippen LogP contribution in [0.5, 0.6) is 11.5 Å². The van der Waals surface area contributed by atoms with Crippen LogP contribution < -0.4 is 4.74 Å². The normalized spacial score (nSPS) is 15.2. The van der Waals surface area contributed by atoms with E-state index >= 15 is 0 Å². The number of rotatable bonds is 4. The highest BCUT2D eigenvalue weighted by Gasteiger charge is 2.39. The van der Waals surface area contributed by atoms with E-state index < -0.39 is 5.97 Å². The number of esters is 1. The van der Waals surface area contributed by atoms with Crippen molar-refractivity contribution in [2.75, 3.05) is 7.11 Å². The van der Waals surface area contributed by atoms with Crippen molar-refractivity contribution in [3.63, 3.8) is 0 Å². The molecule has 0 unspecified atom stereocenters. The molecule has 1 aliphatic carbocycles. The zero-order valence-corrected chi connectivity index (χ0v) is 12.6. The molecule has 114 valence electrons. The van der Waals surface area contributed by atoms with Gasteiger partial charge in [-0.3, -0.25) is 0 Å². The van der Waals surface area contributed by atoms with E-state index in [1.54, 1.807) is 36.4 Å². The fourth-order valence-corrected chi connectivity index (χ4v) is 2.34. The quantitative estimate of drug-likeness (QED) is 0.782. The molecular formula is C18H17FO3. The molecule has 2 aromatic carbocycles. The lowest BCUT2D eigenvalue weighted by Gasteiger charge is -2.12. The summed E-state index contributed by atoms with van der Waals surface area (Å²) in [5, 5.41) is 0. The molecule has 3 rings (SSSR count). The molecule has 0 aromatic heterocycles. The Morgan fingerprint density at radius 3 is 2.36 bits per heavy atom. The first kappa shape index (κ1) is 14.6. The van der Waals surface area contributed by atoms with Gasteiger partial charge in [0.1, 0.15) is 5.75 Å². The van der Waals surface area contributed by atoms with Crippen molar-refractivity contribution in [2.24, 2.45) is 0 Å². The number of benzene rings is 2. The maximum absolute atomic E-state index is 14.2. The van der Waals surface area contributed by atoms with Gasteiger partial charge in [0.25, 0.3) is 0 Å². The molecule has 4 heteroatoms. The van der Waals surface area contributed by atoms with Gasteiger partial charge >= 0.3 is 5.97 Å². The average molecular weight is 300 g/mol. The van der Waals surface area contributed by atoms with Crippen LogP contribution in [0.3, 0.4) is 0 Å². The summed E-state index contributed by atoms with van der Waals surface area (Å²) in [6, 6.07) is 11.5. The third-order valence-corrected chi connectivity index (χ3v) is 4.13. The summed E-state index contributed by atoms with van der Waals surface area (Å²) in [5.74, 6) is -0.141. The first-order chi connectivity index (χ1) is 10.5. The van der Waals surface area contributed by atoms with E-state index in [9.17, 15) is 9.18 Å². The zero-order chi connectivity index (χ0) is 15.7.